The standard InChI is InChI=1S/C34H34N4/c1-33(2)25-12-5-6-15-29(25)38-30-18-17-23(21-28(30)34(3,4)27-14-9-13-26(33)32(27)38)37(24-11-10-19-35-22-24)31-16-7-8-20-36-31/h6-11,13-20,22-23H,5,12,21H2,1-4H3. The summed E-state index contributed by atoms with van der Waals surface area (Å²) in [5.74, 6) is 0.940. The third-order valence-corrected chi connectivity index (χ3v) is 9.09. The molecule has 0 saturated carbocycles. The van der Waals surface area contributed by atoms with E-state index in [0.717, 1.165) is 30.8 Å². The fourth-order valence-corrected chi connectivity index (χ4v) is 7.12. The number of pyridine rings is 2. The Labute approximate surface area is 225 Å². The maximum Gasteiger partial charge on any atom is 0.133 e. The van der Waals surface area contributed by atoms with E-state index in [-0.39, 0.29) is 16.9 Å². The van der Waals surface area contributed by atoms with Gasteiger partial charge in [-0.05, 0) is 78.0 Å². The second-order valence-electron chi connectivity index (χ2n) is 11.9. The summed E-state index contributed by atoms with van der Waals surface area (Å²) in [7, 11) is 0. The highest BCUT2D eigenvalue weighted by Crippen LogP contribution is 2.58. The summed E-state index contributed by atoms with van der Waals surface area (Å²) in [6.45, 7) is 9.65. The van der Waals surface area contributed by atoms with Crippen molar-refractivity contribution >= 4 is 17.2 Å². The number of hydrogen-bond acceptors (Lipinski definition) is 4. The highest BCUT2D eigenvalue weighted by molar-refractivity contribution is 5.82. The van der Waals surface area contributed by atoms with Gasteiger partial charge in [0.05, 0.1) is 23.6 Å². The van der Waals surface area contributed by atoms with Crippen molar-refractivity contribution in [2.24, 2.45) is 0 Å². The van der Waals surface area contributed by atoms with Crippen molar-refractivity contribution in [1.82, 2.24) is 9.97 Å². The summed E-state index contributed by atoms with van der Waals surface area (Å²) >= 11 is 0. The minimum Gasteiger partial charge on any atom is -0.318 e. The van der Waals surface area contributed by atoms with Gasteiger partial charge in [-0.2, -0.15) is 0 Å². The predicted molar refractivity (Wildman–Crippen MR) is 156 cm³/mol. The molecule has 0 bridgehead atoms. The minimum atomic E-state index is -0.0998. The molecule has 3 aromatic rings. The van der Waals surface area contributed by atoms with E-state index in [9.17, 15) is 0 Å². The van der Waals surface area contributed by atoms with Gasteiger partial charge in [-0.25, -0.2) is 4.98 Å². The second-order valence-corrected chi connectivity index (χ2v) is 11.9. The molecule has 4 aliphatic rings. The maximum absolute atomic E-state index is 4.75. The lowest BCUT2D eigenvalue weighted by molar-refractivity contribution is 0.524. The fourth-order valence-electron chi connectivity index (χ4n) is 7.12. The van der Waals surface area contributed by atoms with Gasteiger partial charge in [-0.1, -0.05) is 64.1 Å². The molecule has 2 aliphatic carbocycles. The van der Waals surface area contributed by atoms with Crippen LogP contribution in [-0.4, -0.2) is 16.0 Å². The topological polar surface area (TPSA) is 32.3 Å². The first-order valence-electron chi connectivity index (χ1n) is 13.8. The molecule has 7 rings (SSSR count). The van der Waals surface area contributed by atoms with Crippen LogP contribution in [0.1, 0.15) is 58.1 Å². The van der Waals surface area contributed by atoms with Crippen LogP contribution in [0.5, 0.6) is 0 Å². The van der Waals surface area contributed by atoms with Crippen LogP contribution in [-0.2, 0) is 10.8 Å². The number of rotatable bonds is 3. The van der Waals surface area contributed by atoms with Gasteiger partial charge in [0.15, 0.2) is 0 Å². The first-order chi connectivity index (χ1) is 18.4. The number of anilines is 3. The third-order valence-electron chi connectivity index (χ3n) is 9.09. The molecular weight excluding hydrogens is 464 g/mol. The van der Waals surface area contributed by atoms with Crippen LogP contribution in [0.4, 0.5) is 17.2 Å². The van der Waals surface area contributed by atoms with Crippen LogP contribution in [0.2, 0.25) is 0 Å². The van der Waals surface area contributed by atoms with Gasteiger partial charge in [0.1, 0.15) is 5.82 Å². The number of nitrogens with zero attached hydrogens (tertiary/aromatic N) is 4. The Balaban J connectivity index is 1.40. The van der Waals surface area contributed by atoms with Crippen LogP contribution in [0.3, 0.4) is 0 Å². The molecule has 4 nitrogen and oxygen atoms in total. The maximum atomic E-state index is 4.75. The normalized spacial score (nSPS) is 22.1. The number of hydrogen-bond donors (Lipinski definition) is 0. The number of aromatic nitrogens is 2. The van der Waals surface area contributed by atoms with E-state index >= 15 is 0 Å². The lowest BCUT2D eigenvalue weighted by atomic mass is 9.63. The Hall–Kier alpha value is -3.92. The van der Waals surface area contributed by atoms with E-state index in [1.54, 1.807) is 5.57 Å². The van der Waals surface area contributed by atoms with E-state index in [1.807, 2.05) is 30.7 Å². The molecule has 0 spiro atoms. The Kier molecular flexibility index (Phi) is 5.07. The fraction of sp³-hybridized carbons (Fsp3) is 0.294. The summed E-state index contributed by atoms with van der Waals surface area (Å²) in [4.78, 5) is 14.1. The number of benzene rings is 1. The minimum absolute atomic E-state index is 0.0209. The van der Waals surface area contributed by atoms with Crippen LogP contribution in [0.15, 0.2) is 114 Å². The molecule has 190 valence electrons. The molecule has 38 heavy (non-hydrogen) atoms. The first kappa shape index (κ1) is 23.2. The molecule has 1 unspecified atom stereocenters. The van der Waals surface area contributed by atoms with E-state index in [2.05, 4.69) is 103 Å². The monoisotopic (exact) mass is 498 g/mol. The molecule has 2 aliphatic heterocycles. The predicted octanol–water partition coefficient (Wildman–Crippen LogP) is 7.89. The van der Waals surface area contributed by atoms with Crippen molar-refractivity contribution in [2.75, 3.05) is 9.80 Å². The summed E-state index contributed by atoms with van der Waals surface area (Å²) in [5, 5.41) is 0. The van der Waals surface area contributed by atoms with Gasteiger partial charge in [0, 0.05) is 34.6 Å². The summed E-state index contributed by atoms with van der Waals surface area (Å²) in [6.07, 6.45) is 18.3. The van der Waals surface area contributed by atoms with Crippen LogP contribution in [0, 0.1) is 0 Å². The van der Waals surface area contributed by atoms with Crippen molar-refractivity contribution < 1.29 is 0 Å². The van der Waals surface area contributed by atoms with Gasteiger partial charge in [0.25, 0.3) is 0 Å². The highest BCUT2D eigenvalue weighted by Gasteiger charge is 2.47. The van der Waals surface area contributed by atoms with E-state index in [1.165, 1.54) is 33.8 Å². The number of para-hydroxylation sites is 1. The summed E-state index contributed by atoms with van der Waals surface area (Å²) in [6, 6.07) is 17.4. The lowest BCUT2D eigenvalue weighted by Crippen LogP contribution is -2.45. The molecule has 1 aromatic carbocycles. The Morgan fingerprint density at radius 2 is 1.63 bits per heavy atom. The van der Waals surface area contributed by atoms with Gasteiger partial charge in [-0.15, -0.1) is 0 Å². The van der Waals surface area contributed by atoms with Crippen molar-refractivity contribution in [3.8, 4) is 0 Å². The lowest BCUT2D eigenvalue weighted by Gasteiger charge is -2.52. The first-order valence-corrected chi connectivity index (χ1v) is 13.8. The largest absolute Gasteiger partial charge is 0.318 e. The average Bonchev–Trinajstić information content (AvgIpc) is 2.94. The SMILES string of the molecule is CC1(C)C2=C(C=CCC2)N2C3=C(CC(N(c4cccnc4)c4ccccn4)C=C3)C(C)(C)c3cccc1c32. The second kappa shape index (κ2) is 8.29. The van der Waals surface area contributed by atoms with Crippen molar-refractivity contribution in [3.63, 3.8) is 0 Å². The Morgan fingerprint density at radius 3 is 2.37 bits per heavy atom. The quantitative estimate of drug-likeness (QED) is 0.367. The third kappa shape index (κ3) is 3.22. The van der Waals surface area contributed by atoms with Gasteiger partial charge in [-0.3, -0.25) is 4.98 Å². The summed E-state index contributed by atoms with van der Waals surface area (Å²) in [5.41, 5.74) is 11.0. The molecule has 4 heteroatoms. The molecular formula is C34H34N4. The van der Waals surface area contributed by atoms with Crippen LogP contribution in [0.25, 0.3) is 0 Å². The zero-order valence-electron chi connectivity index (χ0n) is 22.6. The molecule has 2 aromatic heterocycles. The Morgan fingerprint density at radius 1 is 0.842 bits per heavy atom. The van der Waals surface area contributed by atoms with Crippen molar-refractivity contribution in [3.05, 3.63) is 125 Å². The molecule has 0 amide bonds. The summed E-state index contributed by atoms with van der Waals surface area (Å²) < 4.78 is 0. The smallest absolute Gasteiger partial charge is 0.133 e. The van der Waals surface area contributed by atoms with Gasteiger partial charge in [0.2, 0.25) is 0 Å². The van der Waals surface area contributed by atoms with E-state index in [4.69, 9.17) is 4.98 Å². The molecule has 4 heterocycles. The zero-order valence-corrected chi connectivity index (χ0v) is 22.6. The van der Waals surface area contributed by atoms with E-state index < -0.39 is 0 Å². The van der Waals surface area contributed by atoms with Gasteiger partial charge >= 0.3 is 0 Å². The molecule has 0 radical (unpaired) electrons. The van der Waals surface area contributed by atoms with Crippen LogP contribution < -0.4 is 9.80 Å². The van der Waals surface area contributed by atoms with Crippen molar-refractivity contribution in [2.45, 2.75) is 63.8 Å². The molecule has 1 atom stereocenters. The highest BCUT2D eigenvalue weighted by atomic mass is 15.2. The molecule has 0 saturated heterocycles. The molecule has 0 N–H and O–H groups in total. The average molecular weight is 499 g/mol. The number of fused-ring (bicyclic) bond motifs is 2. The number of allylic oxidation sites excluding steroid dienone is 4. The van der Waals surface area contributed by atoms with Crippen molar-refractivity contribution in [1.29, 1.82) is 0 Å². The Bertz CT molecular complexity index is 1500. The molecule has 0 fully saturated rings. The zero-order chi connectivity index (χ0) is 26.1. The van der Waals surface area contributed by atoms with Crippen LogP contribution >= 0.6 is 0 Å². The van der Waals surface area contributed by atoms with E-state index in [0.29, 0.717) is 0 Å². The van der Waals surface area contributed by atoms with Gasteiger partial charge < -0.3 is 9.80 Å².